The zero-order valence-corrected chi connectivity index (χ0v) is 15.4. The molecule has 1 N–H and O–H groups in total. The monoisotopic (exact) mass is 387 g/mol. The first-order valence-electron chi connectivity index (χ1n) is 9.00. The lowest BCUT2D eigenvalue weighted by molar-refractivity contribution is -0.118. The van der Waals surface area contributed by atoms with Crippen LogP contribution in [-0.2, 0) is 9.59 Å². The molecule has 144 valence electrons. The molecule has 0 radical (unpaired) electrons. The summed E-state index contributed by atoms with van der Waals surface area (Å²) in [4.78, 5) is 32.7. The topological polar surface area (TPSA) is 96.8 Å². The van der Waals surface area contributed by atoms with Crippen LogP contribution in [0.25, 0.3) is 0 Å². The number of aromatic nitrogens is 2. The summed E-state index contributed by atoms with van der Waals surface area (Å²) in [5, 5.41) is 8.32. The van der Waals surface area contributed by atoms with Crippen LogP contribution in [0.3, 0.4) is 0 Å². The van der Waals surface area contributed by atoms with Gasteiger partial charge >= 0.3 is 0 Å². The fraction of sp³-hybridized carbons (Fsp3) is 0.0952. The molecule has 1 aromatic heterocycles. The molecular formula is C21H17N5O3. The van der Waals surface area contributed by atoms with Crippen molar-refractivity contribution >= 4 is 28.9 Å². The summed E-state index contributed by atoms with van der Waals surface area (Å²) in [6, 6.07) is 15.9. The molecule has 2 amide bonds. The molecule has 0 saturated heterocycles. The molecule has 2 heterocycles. The molecule has 0 atom stereocenters. The Morgan fingerprint density at radius 2 is 1.79 bits per heavy atom. The zero-order valence-electron chi connectivity index (χ0n) is 15.4. The van der Waals surface area contributed by atoms with Crippen molar-refractivity contribution in [3.8, 4) is 11.6 Å². The molecule has 1 aliphatic heterocycles. The number of hydrogen-bond acceptors (Lipinski definition) is 6. The number of para-hydroxylation sites is 1. The highest BCUT2D eigenvalue weighted by Gasteiger charge is 2.25. The summed E-state index contributed by atoms with van der Waals surface area (Å²) in [5.41, 5.74) is 1.52. The van der Waals surface area contributed by atoms with Crippen molar-refractivity contribution in [2.45, 2.75) is 12.8 Å². The second-order valence-electron chi connectivity index (χ2n) is 6.21. The van der Waals surface area contributed by atoms with Crippen molar-refractivity contribution < 1.29 is 14.3 Å². The Morgan fingerprint density at radius 3 is 2.52 bits per heavy atom. The average Bonchev–Trinajstić information content (AvgIpc) is 2.77. The molecule has 0 bridgehead atoms. The van der Waals surface area contributed by atoms with Crippen LogP contribution in [0.15, 0.2) is 78.3 Å². The lowest BCUT2D eigenvalue weighted by atomic mass is 10.1. The smallest absolute Gasteiger partial charge is 0.271 e. The molecule has 29 heavy (non-hydrogen) atoms. The van der Waals surface area contributed by atoms with Gasteiger partial charge in [0.25, 0.3) is 5.91 Å². The highest BCUT2D eigenvalue weighted by molar-refractivity contribution is 6.44. The first-order valence-corrected chi connectivity index (χ1v) is 9.00. The van der Waals surface area contributed by atoms with E-state index in [1.165, 1.54) is 17.4 Å². The third-order valence-electron chi connectivity index (χ3n) is 4.17. The lowest BCUT2D eigenvalue weighted by Gasteiger charge is -2.23. The van der Waals surface area contributed by atoms with Gasteiger partial charge in [0.15, 0.2) is 0 Å². The number of hydrazone groups is 1. The number of nitrogens with one attached hydrogen (secondary N) is 1. The quantitative estimate of drug-likeness (QED) is 0.724. The third-order valence-corrected chi connectivity index (χ3v) is 4.17. The number of amides is 2. The Balaban J connectivity index is 1.44. The maximum Gasteiger partial charge on any atom is 0.271 e. The molecule has 0 spiro atoms. The maximum atomic E-state index is 12.6. The molecule has 0 saturated carbocycles. The minimum Gasteiger partial charge on any atom is -0.438 e. The molecule has 8 nitrogen and oxygen atoms in total. The second kappa shape index (κ2) is 8.30. The second-order valence-corrected chi connectivity index (χ2v) is 6.21. The number of ether oxygens (including phenoxy) is 1. The van der Waals surface area contributed by atoms with E-state index in [9.17, 15) is 9.59 Å². The van der Waals surface area contributed by atoms with E-state index in [0.717, 1.165) is 0 Å². The Morgan fingerprint density at radius 1 is 1.00 bits per heavy atom. The van der Waals surface area contributed by atoms with Crippen molar-refractivity contribution in [2.75, 3.05) is 10.3 Å². The van der Waals surface area contributed by atoms with Crippen LogP contribution in [0.5, 0.6) is 11.6 Å². The normalized spacial score (nSPS) is 13.6. The summed E-state index contributed by atoms with van der Waals surface area (Å²) in [6.07, 6.45) is 5.13. The van der Waals surface area contributed by atoms with E-state index >= 15 is 0 Å². The summed E-state index contributed by atoms with van der Waals surface area (Å²) in [7, 11) is 0. The van der Waals surface area contributed by atoms with Gasteiger partial charge in [0, 0.05) is 30.9 Å². The number of nitrogens with zero attached hydrogens (tertiary/aromatic N) is 4. The molecular weight excluding hydrogens is 370 g/mol. The molecule has 0 unspecified atom stereocenters. The van der Waals surface area contributed by atoms with Crippen LogP contribution in [0.4, 0.5) is 11.4 Å². The Hall–Kier alpha value is -4.07. The lowest BCUT2D eigenvalue weighted by Crippen LogP contribution is -2.36. The standard InChI is InChI=1S/C21H17N5O3/c27-20-11-10-18(25-26(20)16-4-2-1-3-5-16)21(28)24-15-6-8-17(9-7-15)29-19-14-22-12-13-23-19/h1-9,12-14H,10-11H2,(H,24,28). The van der Waals surface area contributed by atoms with Crippen LogP contribution in [0.1, 0.15) is 12.8 Å². The minimum absolute atomic E-state index is 0.140. The average molecular weight is 387 g/mol. The fourth-order valence-corrected chi connectivity index (χ4v) is 2.76. The number of benzene rings is 2. The van der Waals surface area contributed by atoms with E-state index in [2.05, 4.69) is 20.4 Å². The maximum absolute atomic E-state index is 12.6. The SMILES string of the molecule is O=C(Nc1ccc(Oc2cnccn2)cc1)C1=NN(c2ccccc2)C(=O)CC1. The van der Waals surface area contributed by atoms with Crippen LogP contribution in [-0.4, -0.2) is 27.5 Å². The Labute approximate surface area is 166 Å². The van der Waals surface area contributed by atoms with E-state index in [-0.39, 0.29) is 18.2 Å². The van der Waals surface area contributed by atoms with Gasteiger partial charge < -0.3 is 10.1 Å². The van der Waals surface area contributed by atoms with Crippen LogP contribution in [0.2, 0.25) is 0 Å². The van der Waals surface area contributed by atoms with E-state index in [1.807, 2.05) is 18.2 Å². The van der Waals surface area contributed by atoms with Crippen molar-refractivity contribution in [3.63, 3.8) is 0 Å². The Kier molecular flexibility index (Phi) is 5.24. The number of anilines is 2. The van der Waals surface area contributed by atoms with E-state index in [1.54, 1.807) is 42.6 Å². The van der Waals surface area contributed by atoms with Gasteiger partial charge in [-0.25, -0.2) is 9.99 Å². The molecule has 3 aromatic rings. The predicted octanol–water partition coefficient (Wildman–Crippen LogP) is 3.39. The van der Waals surface area contributed by atoms with Gasteiger partial charge in [-0.2, -0.15) is 5.10 Å². The number of carbonyl (C=O) groups is 2. The number of carbonyl (C=O) groups excluding carboxylic acids is 2. The predicted molar refractivity (Wildman–Crippen MR) is 108 cm³/mol. The van der Waals surface area contributed by atoms with Crippen molar-refractivity contribution in [3.05, 3.63) is 73.2 Å². The summed E-state index contributed by atoms with van der Waals surface area (Å²) in [6.45, 7) is 0. The number of rotatable bonds is 5. The number of hydrogen-bond donors (Lipinski definition) is 1. The van der Waals surface area contributed by atoms with Crippen molar-refractivity contribution in [1.29, 1.82) is 0 Å². The van der Waals surface area contributed by atoms with E-state index in [4.69, 9.17) is 4.74 Å². The van der Waals surface area contributed by atoms with Crippen LogP contribution in [0, 0.1) is 0 Å². The van der Waals surface area contributed by atoms with Gasteiger partial charge in [-0.3, -0.25) is 14.6 Å². The molecule has 4 rings (SSSR count). The highest BCUT2D eigenvalue weighted by atomic mass is 16.5. The first-order chi connectivity index (χ1) is 14.2. The van der Waals surface area contributed by atoms with E-state index < -0.39 is 0 Å². The highest BCUT2D eigenvalue weighted by Crippen LogP contribution is 2.22. The Bertz CT molecular complexity index is 1040. The van der Waals surface area contributed by atoms with Gasteiger partial charge in [0.05, 0.1) is 11.9 Å². The van der Waals surface area contributed by atoms with Crippen LogP contribution >= 0.6 is 0 Å². The molecule has 0 fully saturated rings. The van der Waals surface area contributed by atoms with Crippen molar-refractivity contribution in [2.24, 2.45) is 5.10 Å². The summed E-state index contributed by atoms with van der Waals surface area (Å²) >= 11 is 0. The molecule has 0 aliphatic carbocycles. The molecule has 8 heteroatoms. The minimum atomic E-state index is -0.346. The zero-order chi connectivity index (χ0) is 20.1. The first kappa shape index (κ1) is 18.3. The third kappa shape index (κ3) is 4.44. The fourth-order valence-electron chi connectivity index (χ4n) is 2.76. The van der Waals surface area contributed by atoms with Crippen molar-refractivity contribution in [1.82, 2.24) is 9.97 Å². The van der Waals surface area contributed by atoms with Gasteiger partial charge in [0.1, 0.15) is 11.5 Å². The largest absolute Gasteiger partial charge is 0.438 e. The van der Waals surface area contributed by atoms with E-state index in [0.29, 0.717) is 35.1 Å². The summed E-state index contributed by atoms with van der Waals surface area (Å²) in [5.74, 6) is 0.463. The van der Waals surface area contributed by atoms with Gasteiger partial charge in [-0.1, -0.05) is 18.2 Å². The molecule has 2 aromatic carbocycles. The van der Waals surface area contributed by atoms with Gasteiger partial charge in [0.2, 0.25) is 11.8 Å². The molecule has 1 aliphatic rings. The van der Waals surface area contributed by atoms with Crippen LogP contribution < -0.4 is 15.1 Å². The van der Waals surface area contributed by atoms with Gasteiger partial charge in [-0.15, -0.1) is 0 Å². The summed E-state index contributed by atoms with van der Waals surface area (Å²) < 4.78 is 5.58. The van der Waals surface area contributed by atoms with Gasteiger partial charge in [-0.05, 0) is 36.4 Å².